The molecule has 11 atom stereocenters. The molecule has 0 spiro atoms. The van der Waals surface area contributed by atoms with Crippen LogP contribution in [0.1, 0.15) is 54.1 Å². The first-order valence-corrected chi connectivity index (χ1v) is 25.5. The number of carbonyl (C=O) groups excluding carboxylic acids is 2. The van der Waals surface area contributed by atoms with Crippen molar-refractivity contribution < 1.29 is 56.6 Å². The smallest absolute Gasteiger partial charge is 0.338 e. The van der Waals surface area contributed by atoms with Gasteiger partial charge in [-0.05, 0) is 41.4 Å². The van der Waals surface area contributed by atoms with Crippen LogP contribution in [0.25, 0.3) is 0 Å². The molecule has 4 aromatic rings. The van der Waals surface area contributed by atoms with Crippen molar-refractivity contribution in [2.24, 2.45) is 4.99 Å². The number of alkyl halides is 3. The third-order valence-corrected chi connectivity index (χ3v) is 17.1. The van der Waals surface area contributed by atoms with Crippen molar-refractivity contribution in [3.05, 3.63) is 144 Å². The van der Waals surface area contributed by atoms with Crippen molar-refractivity contribution >= 4 is 61.0 Å². The first kappa shape index (κ1) is 47.6. The number of rotatable bonds is 13. The van der Waals surface area contributed by atoms with E-state index in [1.54, 1.807) is 30.3 Å². The minimum Gasteiger partial charge on any atom is -0.459 e. The van der Waals surface area contributed by atoms with Crippen molar-refractivity contribution in [2.45, 2.75) is 124 Å². The van der Waals surface area contributed by atoms with Crippen molar-refractivity contribution in [1.82, 2.24) is 0 Å². The fourth-order valence-corrected chi connectivity index (χ4v) is 9.29. The van der Waals surface area contributed by atoms with Crippen LogP contribution in [0.3, 0.4) is 0 Å². The topological polar surface area (TPSA) is 139 Å². The monoisotopic (exact) mass is 967 g/mol. The molecule has 4 aliphatic heterocycles. The number of nitrogens with zero attached hydrogens (tertiary/aromatic N) is 1. The number of hydrogen-bond acceptors (Lipinski definition) is 13. The molecule has 0 bridgehead atoms. The highest BCUT2D eigenvalue weighted by atomic mass is 35.6. The summed E-state index contributed by atoms with van der Waals surface area (Å²) in [6, 6.07) is 35.6. The molecule has 0 aromatic heterocycles. The van der Waals surface area contributed by atoms with Gasteiger partial charge in [0.15, 0.2) is 33.1 Å². The summed E-state index contributed by atoms with van der Waals surface area (Å²) < 4.78 is 63.5. The Morgan fingerprint density at radius 3 is 1.95 bits per heavy atom. The van der Waals surface area contributed by atoms with E-state index in [-0.39, 0.29) is 36.3 Å². The molecule has 4 heterocycles. The highest BCUT2D eigenvalue weighted by molar-refractivity contribution is 6.76. The molecule has 0 amide bonds. The molecule has 3 saturated heterocycles. The van der Waals surface area contributed by atoms with Gasteiger partial charge in [-0.25, -0.2) is 14.6 Å². The van der Waals surface area contributed by atoms with Crippen LogP contribution in [0, 0.1) is 0 Å². The van der Waals surface area contributed by atoms with Crippen LogP contribution < -0.4 is 0 Å². The second kappa shape index (κ2) is 20.1. The number of halogens is 3. The first-order chi connectivity index (χ1) is 31.1. The molecule has 0 N–H and O–H groups in total. The van der Waals surface area contributed by atoms with E-state index >= 15 is 0 Å². The lowest BCUT2D eigenvalue weighted by atomic mass is 9.94. The van der Waals surface area contributed by atoms with E-state index in [0.717, 1.165) is 16.7 Å². The number of aliphatic imine (C=N–C) groups is 1. The van der Waals surface area contributed by atoms with Gasteiger partial charge in [0.05, 0.1) is 18.8 Å². The van der Waals surface area contributed by atoms with Crippen molar-refractivity contribution in [3.63, 3.8) is 0 Å². The Hall–Kier alpha value is -3.90. The maximum atomic E-state index is 14.7. The van der Waals surface area contributed by atoms with Crippen molar-refractivity contribution in [1.29, 1.82) is 0 Å². The van der Waals surface area contributed by atoms with Crippen LogP contribution >= 0.6 is 34.8 Å². The summed E-state index contributed by atoms with van der Waals surface area (Å²) in [5, 5.41) is -0.346. The largest absolute Gasteiger partial charge is 0.459 e. The minimum absolute atomic E-state index is 0.0391. The summed E-state index contributed by atoms with van der Waals surface area (Å²) in [6.07, 6.45) is -11.6. The van der Waals surface area contributed by atoms with Gasteiger partial charge < -0.3 is 47.1 Å². The summed E-state index contributed by atoms with van der Waals surface area (Å²) in [5.74, 6) is -1.68. The lowest BCUT2D eigenvalue weighted by molar-refractivity contribution is -0.366. The Morgan fingerprint density at radius 1 is 0.738 bits per heavy atom. The van der Waals surface area contributed by atoms with Gasteiger partial charge in [0.25, 0.3) is 3.79 Å². The zero-order valence-electron chi connectivity index (χ0n) is 36.5. The number of ether oxygens (including phenoxy) is 9. The molecule has 0 unspecified atom stereocenters. The lowest BCUT2D eigenvalue weighted by Gasteiger charge is -2.51. The molecule has 0 radical (unpaired) electrons. The van der Waals surface area contributed by atoms with E-state index in [4.69, 9.17) is 81.9 Å². The number of fused-ring (bicyclic) bond motifs is 2. The second-order valence-corrected chi connectivity index (χ2v) is 24.8. The molecule has 0 saturated carbocycles. The zero-order valence-corrected chi connectivity index (χ0v) is 39.8. The Balaban J connectivity index is 1.24. The quantitative estimate of drug-likeness (QED) is 0.0718. The third kappa shape index (κ3) is 11.1. The highest BCUT2D eigenvalue weighted by Crippen LogP contribution is 2.45. The minimum atomic E-state index is -2.79. The van der Waals surface area contributed by atoms with Gasteiger partial charge in [0.1, 0.15) is 43.2 Å². The highest BCUT2D eigenvalue weighted by Gasteiger charge is 2.61. The van der Waals surface area contributed by atoms with Gasteiger partial charge in [0.2, 0.25) is 12.2 Å². The van der Waals surface area contributed by atoms with E-state index in [2.05, 4.69) is 38.9 Å². The predicted octanol–water partition coefficient (Wildman–Crippen LogP) is 9.05. The summed E-state index contributed by atoms with van der Waals surface area (Å²) in [4.78, 5) is 33.7. The van der Waals surface area contributed by atoms with E-state index in [1.165, 1.54) is 0 Å². The van der Waals surface area contributed by atoms with Crippen LogP contribution in [0.2, 0.25) is 18.1 Å². The number of carbonyl (C=O) groups is 2. The van der Waals surface area contributed by atoms with Crippen LogP contribution in [-0.4, -0.2) is 97.9 Å². The number of benzene rings is 4. The molecule has 4 aromatic carbocycles. The van der Waals surface area contributed by atoms with Crippen LogP contribution in [-0.2, 0) is 65.1 Å². The fraction of sp³-hybridized carbons (Fsp3) is 0.438. The molecule has 65 heavy (non-hydrogen) atoms. The molecule has 0 aliphatic carbocycles. The van der Waals surface area contributed by atoms with E-state index in [9.17, 15) is 9.59 Å². The number of esters is 2. The Kier molecular flexibility index (Phi) is 14.7. The average Bonchev–Trinajstić information content (AvgIpc) is 3.74. The van der Waals surface area contributed by atoms with Gasteiger partial charge in [-0.15, -0.1) is 0 Å². The summed E-state index contributed by atoms with van der Waals surface area (Å²) in [7, 11) is -2.79. The molecule has 13 nitrogen and oxygen atoms in total. The fourth-order valence-electron chi connectivity index (χ4n) is 7.71. The molecule has 8 rings (SSSR count). The summed E-state index contributed by atoms with van der Waals surface area (Å²) >= 11 is 19.0. The predicted molar refractivity (Wildman–Crippen MR) is 244 cm³/mol. The van der Waals surface area contributed by atoms with E-state index in [0.29, 0.717) is 0 Å². The van der Waals surface area contributed by atoms with Gasteiger partial charge in [0, 0.05) is 5.56 Å². The Labute approximate surface area is 394 Å². The molecular weight excluding hydrogens is 917 g/mol. The van der Waals surface area contributed by atoms with Gasteiger partial charge in [-0.1, -0.05) is 165 Å². The van der Waals surface area contributed by atoms with E-state index in [1.807, 2.05) is 91.0 Å². The van der Waals surface area contributed by atoms with Crippen molar-refractivity contribution in [2.75, 3.05) is 6.61 Å². The molecule has 4 aliphatic rings. The standard InChI is InChI=1S/C48H52Cl3NO12Si/c1-47(2,3)65(4,5)64-38-37(55-26-29-18-10-6-11-19-29)40(59-41(53)31-22-14-8-15-23-31)45(62-39(38)42(54)56-27-30-20-12-7-13-21-30)61-36-34-44(63-46(52-34)48(49,50)51)58-33-28-57-43(60-35(33)36)32-24-16-9-17-25-32/h6-25,33-40,43-45H,26-28H2,1-5H3/t33-,34-,35-,36-,37+,38+,39+,40-,43-,44-,45-/m1/s1. The molecule has 17 heteroatoms. The summed E-state index contributed by atoms with van der Waals surface area (Å²) in [5.41, 5.74) is 2.56. The summed E-state index contributed by atoms with van der Waals surface area (Å²) in [6.45, 7) is 10.4. The SMILES string of the molecule is CC(C)(C)[Si](C)(C)O[C@H]1[C@H](OCc2ccccc2)[C@@H](OC(=O)c2ccccc2)[C@H](O[C@@H]2[C@H]3N=C(C(Cl)(Cl)Cl)O[C@H]3O[C@@H]3CO[C@@H](c4ccccc4)O[C@@H]23)O[C@@H]1C(=O)OCc1ccccc1. The maximum Gasteiger partial charge on any atom is 0.338 e. The lowest BCUT2D eigenvalue weighted by Crippen LogP contribution is -2.68. The molecule has 3 fully saturated rings. The van der Waals surface area contributed by atoms with Gasteiger partial charge >= 0.3 is 11.9 Å². The number of hydrogen-bond donors (Lipinski definition) is 0. The van der Waals surface area contributed by atoms with Crippen molar-refractivity contribution in [3.8, 4) is 0 Å². The van der Waals surface area contributed by atoms with Gasteiger partial charge in [-0.2, -0.15) is 0 Å². The molecule has 346 valence electrons. The van der Waals surface area contributed by atoms with Crippen LogP contribution in [0.15, 0.2) is 126 Å². The second-order valence-electron chi connectivity index (χ2n) is 17.7. The van der Waals surface area contributed by atoms with Gasteiger partial charge in [-0.3, -0.25) is 0 Å². The molecular formula is C48H52Cl3NO12Si. The zero-order chi connectivity index (χ0) is 45.9. The Bertz CT molecular complexity index is 2250. The van der Waals surface area contributed by atoms with E-state index < -0.39 is 91.7 Å². The normalized spacial score (nSPS) is 29.1. The van der Waals surface area contributed by atoms with Crippen LogP contribution in [0.4, 0.5) is 0 Å². The third-order valence-electron chi connectivity index (χ3n) is 12.1. The maximum absolute atomic E-state index is 14.7. The first-order valence-electron chi connectivity index (χ1n) is 21.5. The average molecular weight is 969 g/mol. The van der Waals surface area contributed by atoms with Crippen LogP contribution in [0.5, 0.6) is 0 Å². The Morgan fingerprint density at radius 2 is 1.34 bits per heavy atom.